The number of halogens is 1. The molecule has 1 aliphatic rings. The van der Waals surface area contributed by atoms with Crippen LogP contribution in [0.15, 0.2) is 52.7 Å². The molecule has 1 aliphatic heterocycles. The molecule has 0 spiro atoms. The lowest BCUT2D eigenvalue weighted by Crippen LogP contribution is -2.04. The predicted molar refractivity (Wildman–Crippen MR) is 82.5 cm³/mol. The third kappa shape index (κ3) is 2.61. The van der Waals surface area contributed by atoms with E-state index in [2.05, 4.69) is 42.3 Å². The summed E-state index contributed by atoms with van der Waals surface area (Å²) in [7, 11) is 0. The first kappa shape index (κ1) is 13.3. The first-order valence-corrected chi connectivity index (χ1v) is 7.26. The fourth-order valence-electron chi connectivity index (χ4n) is 2.65. The Balaban J connectivity index is 2.12. The lowest BCUT2D eigenvalue weighted by Gasteiger charge is -2.15. The van der Waals surface area contributed by atoms with Crippen LogP contribution in [0, 0.1) is 6.92 Å². The maximum Gasteiger partial charge on any atom is 0.121 e. The quantitative estimate of drug-likeness (QED) is 0.693. The number of hydrogen-bond acceptors (Lipinski definition) is 2. The number of rotatable bonds is 1. The summed E-state index contributed by atoms with van der Waals surface area (Å²) in [5, 5.41) is 9.76. The monoisotopic (exact) mass is 284 g/mol. The van der Waals surface area contributed by atoms with Crippen molar-refractivity contribution in [2.24, 2.45) is 10.2 Å². The molecule has 0 bridgehead atoms. The van der Waals surface area contributed by atoms with Crippen molar-refractivity contribution in [2.45, 2.75) is 32.4 Å². The highest BCUT2D eigenvalue weighted by atomic mass is 35.5. The minimum absolute atomic E-state index is 0.0212. The van der Waals surface area contributed by atoms with E-state index in [-0.39, 0.29) is 12.1 Å². The molecule has 20 heavy (non-hydrogen) atoms. The van der Waals surface area contributed by atoms with E-state index in [0.29, 0.717) is 0 Å². The Morgan fingerprint density at radius 2 is 1.80 bits per heavy atom. The summed E-state index contributed by atoms with van der Waals surface area (Å²) < 4.78 is 0. The summed E-state index contributed by atoms with van der Waals surface area (Å²) in [6, 6.07) is 14.7. The van der Waals surface area contributed by atoms with Gasteiger partial charge in [-0.2, -0.15) is 10.2 Å². The molecule has 0 saturated heterocycles. The number of fused-ring (bicyclic) bond motifs is 1. The van der Waals surface area contributed by atoms with Gasteiger partial charge < -0.3 is 0 Å². The van der Waals surface area contributed by atoms with E-state index in [9.17, 15) is 0 Å². The second kappa shape index (κ2) is 5.37. The molecule has 0 N–H and O–H groups in total. The Bertz CT molecular complexity index is 647. The van der Waals surface area contributed by atoms with Gasteiger partial charge in [-0.1, -0.05) is 47.5 Å². The molecule has 1 heterocycles. The number of nitrogens with zero attached hydrogens (tertiary/aromatic N) is 2. The van der Waals surface area contributed by atoms with Crippen molar-refractivity contribution in [1.82, 2.24) is 0 Å². The van der Waals surface area contributed by atoms with Gasteiger partial charge >= 0.3 is 0 Å². The lowest BCUT2D eigenvalue weighted by atomic mass is 9.91. The Hall–Kier alpha value is -1.67. The molecule has 0 fully saturated rings. The van der Waals surface area contributed by atoms with Gasteiger partial charge in [0.1, 0.15) is 6.04 Å². The molecular weight excluding hydrogens is 268 g/mol. The molecule has 2 aromatic carbocycles. The maximum atomic E-state index is 5.98. The van der Waals surface area contributed by atoms with E-state index in [1.807, 2.05) is 24.3 Å². The molecule has 3 heteroatoms. The van der Waals surface area contributed by atoms with Gasteiger partial charge in [0.25, 0.3) is 0 Å². The summed E-state index contributed by atoms with van der Waals surface area (Å²) in [5.74, 6) is 0. The fraction of sp³-hybridized carbons (Fsp3) is 0.294. The van der Waals surface area contributed by atoms with Crippen LogP contribution in [0.2, 0.25) is 5.02 Å². The zero-order chi connectivity index (χ0) is 14.1. The van der Waals surface area contributed by atoms with Gasteiger partial charge in [0.05, 0.1) is 6.04 Å². The molecule has 0 amide bonds. The van der Waals surface area contributed by atoms with Crippen LogP contribution in [0.5, 0.6) is 0 Å². The van der Waals surface area contributed by atoms with E-state index < -0.39 is 0 Å². The fourth-order valence-corrected chi connectivity index (χ4v) is 2.77. The van der Waals surface area contributed by atoms with Crippen LogP contribution in [-0.4, -0.2) is 6.04 Å². The van der Waals surface area contributed by atoms with Gasteiger partial charge in [-0.3, -0.25) is 0 Å². The molecule has 0 saturated carbocycles. The molecule has 0 radical (unpaired) electrons. The lowest BCUT2D eigenvalue weighted by molar-refractivity contribution is 0.680. The first-order valence-electron chi connectivity index (χ1n) is 6.88. The van der Waals surface area contributed by atoms with Crippen molar-refractivity contribution < 1.29 is 0 Å². The van der Waals surface area contributed by atoms with E-state index in [1.54, 1.807) is 0 Å². The summed E-state index contributed by atoms with van der Waals surface area (Å²) in [5.41, 5.74) is 5.00. The average Bonchev–Trinajstić information content (AvgIpc) is 2.58. The Morgan fingerprint density at radius 1 is 1.05 bits per heavy atom. The van der Waals surface area contributed by atoms with Gasteiger partial charge in [-0.25, -0.2) is 0 Å². The molecule has 2 atom stereocenters. The first-order chi connectivity index (χ1) is 9.63. The van der Waals surface area contributed by atoms with Gasteiger partial charge in [-0.15, -0.1) is 0 Å². The molecular formula is C17H17ClN2. The van der Waals surface area contributed by atoms with Gasteiger partial charge in [-0.05, 0) is 49.1 Å². The smallest absolute Gasteiger partial charge is 0.121 e. The Kier molecular flexibility index (Phi) is 3.58. The standard InChI is InChI=1S/C17H17ClN2/c1-11-3-4-14-10-12(2)19-20-17(16(14)9-11)13-5-7-15(18)8-6-13/h3-9,12,17H,10H2,1-2H3. The third-order valence-electron chi connectivity index (χ3n) is 3.68. The highest BCUT2D eigenvalue weighted by molar-refractivity contribution is 6.30. The highest BCUT2D eigenvalue weighted by Crippen LogP contribution is 2.33. The zero-order valence-electron chi connectivity index (χ0n) is 11.7. The van der Waals surface area contributed by atoms with Gasteiger partial charge in [0.2, 0.25) is 0 Å². The van der Waals surface area contributed by atoms with Crippen molar-refractivity contribution in [1.29, 1.82) is 0 Å². The van der Waals surface area contributed by atoms with Crippen molar-refractivity contribution >= 4 is 11.6 Å². The average molecular weight is 285 g/mol. The van der Waals surface area contributed by atoms with Crippen LogP contribution in [0.4, 0.5) is 0 Å². The molecule has 0 aromatic heterocycles. The van der Waals surface area contributed by atoms with Crippen LogP contribution < -0.4 is 0 Å². The maximum absolute atomic E-state index is 5.98. The van der Waals surface area contributed by atoms with Crippen LogP contribution in [0.3, 0.4) is 0 Å². The van der Waals surface area contributed by atoms with Crippen LogP contribution in [-0.2, 0) is 6.42 Å². The molecule has 2 unspecified atom stereocenters. The highest BCUT2D eigenvalue weighted by Gasteiger charge is 2.21. The summed E-state index contributed by atoms with van der Waals surface area (Å²) in [4.78, 5) is 0. The molecule has 0 aliphatic carbocycles. The van der Waals surface area contributed by atoms with Gasteiger partial charge in [0.15, 0.2) is 0 Å². The van der Waals surface area contributed by atoms with Crippen molar-refractivity contribution in [3.05, 3.63) is 69.7 Å². The largest absolute Gasteiger partial charge is 0.190 e. The van der Waals surface area contributed by atoms with Crippen molar-refractivity contribution in [3.8, 4) is 0 Å². The SMILES string of the molecule is Cc1ccc2c(c1)C(c1ccc(Cl)cc1)N=NC(C)C2. The minimum Gasteiger partial charge on any atom is -0.190 e. The number of aryl methyl sites for hydroxylation is 1. The second-order valence-electron chi connectivity index (χ2n) is 5.44. The van der Waals surface area contributed by atoms with Crippen molar-refractivity contribution in [2.75, 3.05) is 0 Å². The Labute approximate surface area is 124 Å². The minimum atomic E-state index is -0.0212. The predicted octanol–water partition coefficient (Wildman–Crippen LogP) is 5.13. The zero-order valence-corrected chi connectivity index (χ0v) is 12.4. The van der Waals surface area contributed by atoms with Crippen molar-refractivity contribution in [3.63, 3.8) is 0 Å². The van der Waals surface area contributed by atoms with Crippen LogP contribution in [0.25, 0.3) is 0 Å². The van der Waals surface area contributed by atoms with Crippen LogP contribution in [0.1, 0.15) is 35.2 Å². The van der Waals surface area contributed by atoms with E-state index in [4.69, 9.17) is 11.6 Å². The topological polar surface area (TPSA) is 24.7 Å². The second-order valence-corrected chi connectivity index (χ2v) is 5.88. The molecule has 102 valence electrons. The summed E-state index contributed by atoms with van der Waals surface area (Å²) in [6.07, 6.45) is 0.948. The molecule has 3 rings (SSSR count). The Morgan fingerprint density at radius 3 is 2.55 bits per heavy atom. The summed E-state index contributed by atoms with van der Waals surface area (Å²) >= 11 is 5.98. The number of benzene rings is 2. The number of azo groups is 1. The number of hydrogen-bond donors (Lipinski definition) is 0. The van der Waals surface area contributed by atoms with Crippen LogP contribution >= 0.6 is 11.6 Å². The molecule has 2 nitrogen and oxygen atoms in total. The van der Waals surface area contributed by atoms with E-state index in [1.165, 1.54) is 16.7 Å². The third-order valence-corrected chi connectivity index (χ3v) is 3.93. The van der Waals surface area contributed by atoms with E-state index >= 15 is 0 Å². The molecule has 2 aromatic rings. The summed E-state index contributed by atoms with van der Waals surface area (Å²) in [6.45, 7) is 4.22. The van der Waals surface area contributed by atoms with E-state index in [0.717, 1.165) is 17.0 Å². The van der Waals surface area contributed by atoms with Gasteiger partial charge in [0, 0.05) is 5.02 Å². The normalized spacial score (nSPS) is 21.4.